The first-order valence-electron chi connectivity index (χ1n) is 6.86. The van der Waals surface area contributed by atoms with Crippen molar-refractivity contribution in [3.8, 4) is 11.5 Å². The molecule has 0 amide bonds. The summed E-state index contributed by atoms with van der Waals surface area (Å²) in [5.41, 5.74) is 2.49. The van der Waals surface area contributed by atoms with Gasteiger partial charge in [0.05, 0.1) is 19.2 Å². The minimum absolute atomic E-state index is 0.569. The van der Waals surface area contributed by atoms with E-state index in [0.29, 0.717) is 16.5 Å². The van der Waals surface area contributed by atoms with Crippen LogP contribution in [0.2, 0.25) is 5.02 Å². The van der Waals surface area contributed by atoms with Crippen molar-refractivity contribution in [2.24, 2.45) is 0 Å². The van der Waals surface area contributed by atoms with E-state index in [-0.39, 0.29) is 0 Å². The van der Waals surface area contributed by atoms with E-state index in [9.17, 15) is 0 Å². The van der Waals surface area contributed by atoms with Gasteiger partial charge in [0, 0.05) is 18.0 Å². The predicted molar refractivity (Wildman–Crippen MR) is 88.8 cm³/mol. The van der Waals surface area contributed by atoms with Gasteiger partial charge in [-0.05, 0) is 41.1 Å². The second kappa shape index (κ2) is 7.69. The van der Waals surface area contributed by atoms with Gasteiger partial charge in [0.2, 0.25) is 0 Å². The number of methoxy groups -OCH3 is 2. The van der Waals surface area contributed by atoms with Crippen LogP contribution in [0, 0.1) is 0 Å². The molecule has 0 aliphatic carbocycles. The Morgan fingerprint density at radius 3 is 2.67 bits per heavy atom. The Labute approximate surface area is 134 Å². The molecule has 21 heavy (non-hydrogen) atoms. The first kappa shape index (κ1) is 16.1. The minimum atomic E-state index is 0.569. The first-order chi connectivity index (χ1) is 10.2. The monoisotopic (exact) mass is 325 g/mol. The summed E-state index contributed by atoms with van der Waals surface area (Å²) in [6.45, 7) is 3.79. The molecular formula is C16H20ClNO2S. The molecule has 0 unspecified atom stereocenters. The highest BCUT2D eigenvalue weighted by molar-refractivity contribution is 7.10. The van der Waals surface area contributed by atoms with E-state index in [1.165, 1.54) is 10.4 Å². The molecule has 1 aromatic heterocycles. The average Bonchev–Trinajstić information content (AvgIpc) is 2.94. The highest BCUT2D eigenvalue weighted by Gasteiger charge is 2.11. The van der Waals surface area contributed by atoms with Gasteiger partial charge in [-0.15, -0.1) is 11.3 Å². The maximum Gasteiger partial charge on any atom is 0.179 e. The summed E-state index contributed by atoms with van der Waals surface area (Å²) in [6, 6.07) is 6.05. The van der Waals surface area contributed by atoms with Crippen LogP contribution in [0.5, 0.6) is 11.5 Å². The number of nitrogens with one attached hydrogen (secondary N) is 1. The molecule has 0 radical (unpaired) electrons. The minimum Gasteiger partial charge on any atom is -0.493 e. The second-order valence-electron chi connectivity index (χ2n) is 4.64. The molecule has 0 spiro atoms. The van der Waals surface area contributed by atoms with Crippen molar-refractivity contribution >= 4 is 22.9 Å². The van der Waals surface area contributed by atoms with Gasteiger partial charge >= 0.3 is 0 Å². The van der Waals surface area contributed by atoms with Gasteiger partial charge in [-0.1, -0.05) is 18.5 Å². The van der Waals surface area contributed by atoms with Crippen LogP contribution < -0.4 is 14.8 Å². The normalized spacial score (nSPS) is 10.7. The van der Waals surface area contributed by atoms with E-state index in [4.69, 9.17) is 21.1 Å². The lowest BCUT2D eigenvalue weighted by Gasteiger charge is -2.12. The third kappa shape index (κ3) is 3.90. The number of ether oxygens (including phenoxy) is 2. The van der Waals surface area contributed by atoms with E-state index in [1.807, 2.05) is 12.1 Å². The molecule has 5 heteroatoms. The molecule has 0 aliphatic rings. The highest BCUT2D eigenvalue weighted by Crippen LogP contribution is 2.36. The predicted octanol–water partition coefficient (Wildman–Crippen LogP) is 4.27. The topological polar surface area (TPSA) is 30.5 Å². The van der Waals surface area contributed by atoms with Crippen LogP contribution in [0.1, 0.15) is 22.9 Å². The molecule has 0 saturated heterocycles. The third-order valence-electron chi connectivity index (χ3n) is 3.33. The molecule has 0 aliphatic heterocycles. The smallest absolute Gasteiger partial charge is 0.179 e. The maximum absolute atomic E-state index is 6.21. The Morgan fingerprint density at radius 2 is 2.00 bits per heavy atom. The molecule has 0 saturated carbocycles. The van der Waals surface area contributed by atoms with Crippen molar-refractivity contribution in [3.05, 3.63) is 44.6 Å². The zero-order valence-corrected chi connectivity index (χ0v) is 14.1. The molecule has 1 heterocycles. The Kier molecular flexibility index (Phi) is 5.91. The molecule has 1 N–H and O–H groups in total. The van der Waals surface area contributed by atoms with Crippen LogP contribution in [0.3, 0.4) is 0 Å². The Morgan fingerprint density at radius 1 is 1.19 bits per heavy atom. The van der Waals surface area contributed by atoms with E-state index in [0.717, 1.165) is 25.1 Å². The number of hydrogen-bond acceptors (Lipinski definition) is 4. The van der Waals surface area contributed by atoms with E-state index in [1.54, 1.807) is 25.6 Å². The van der Waals surface area contributed by atoms with Gasteiger partial charge in [0.1, 0.15) is 0 Å². The number of benzene rings is 1. The van der Waals surface area contributed by atoms with Gasteiger partial charge in [-0.2, -0.15) is 0 Å². The maximum atomic E-state index is 6.21. The fourth-order valence-electron chi connectivity index (χ4n) is 2.23. The van der Waals surface area contributed by atoms with Gasteiger partial charge in [-0.25, -0.2) is 0 Å². The molecule has 0 bridgehead atoms. The quantitative estimate of drug-likeness (QED) is 0.824. The Bertz CT molecular complexity index is 598. The Hall–Kier alpha value is -1.23. The largest absolute Gasteiger partial charge is 0.493 e. The van der Waals surface area contributed by atoms with Crippen molar-refractivity contribution < 1.29 is 9.47 Å². The molecular weight excluding hydrogens is 306 g/mol. The molecule has 2 rings (SSSR count). The number of hydrogen-bond donors (Lipinski definition) is 1. The summed E-state index contributed by atoms with van der Waals surface area (Å²) in [5, 5.41) is 6.16. The molecule has 1 aromatic carbocycles. The number of aryl methyl sites for hydroxylation is 1. The first-order valence-corrected chi connectivity index (χ1v) is 8.11. The molecule has 3 nitrogen and oxygen atoms in total. The summed E-state index contributed by atoms with van der Waals surface area (Å²) < 4.78 is 10.6. The lowest BCUT2D eigenvalue weighted by Crippen LogP contribution is -2.13. The van der Waals surface area contributed by atoms with Crippen LogP contribution >= 0.6 is 22.9 Å². The van der Waals surface area contributed by atoms with Crippen molar-refractivity contribution in [1.82, 2.24) is 5.32 Å². The van der Waals surface area contributed by atoms with Crippen LogP contribution in [0.15, 0.2) is 23.6 Å². The standard InChI is InChI=1S/C16H20ClNO2S/c1-4-12-5-6-21-15(12)10-18-9-11-7-13(17)16(20-3)14(8-11)19-2/h5-8,18H,4,9-10H2,1-3H3. The van der Waals surface area contributed by atoms with Crippen molar-refractivity contribution in [2.75, 3.05) is 14.2 Å². The average molecular weight is 326 g/mol. The number of rotatable bonds is 7. The number of halogens is 1. The second-order valence-corrected chi connectivity index (χ2v) is 6.05. The summed E-state index contributed by atoms with van der Waals surface area (Å²) in [7, 11) is 3.20. The van der Waals surface area contributed by atoms with Crippen molar-refractivity contribution in [3.63, 3.8) is 0 Å². The summed E-state index contributed by atoms with van der Waals surface area (Å²) in [4.78, 5) is 1.39. The van der Waals surface area contributed by atoms with Gasteiger partial charge in [-0.3, -0.25) is 0 Å². The fraction of sp³-hybridized carbons (Fsp3) is 0.375. The van der Waals surface area contributed by atoms with Gasteiger partial charge in [0.15, 0.2) is 11.5 Å². The fourth-order valence-corrected chi connectivity index (χ4v) is 3.49. The SMILES string of the molecule is CCc1ccsc1CNCc1cc(Cl)c(OC)c(OC)c1. The lowest BCUT2D eigenvalue weighted by molar-refractivity contribution is 0.354. The molecule has 114 valence electrons. The summed E-state index contributed by atoms with van der Waals surface area (Å²) in [5.74, 6) is 1.24. The van der Waals surface area contributed by atoms with Crippen LogP contribution in [0.25, 0.3) is 0 Å². The van der Waals surface area contributed by atoms with E-state index >= 15 is 0 Å². The summed E-state index contributed by atoms with van der Waals surface area (Å²) in [6.07, 6.45) is 1.07. The van der Waals surface area contributed by atoms with Crippen molar-refractivity contribution in [1.29, 1.82) is 0 Å². The number of thiophene rings is 1. The zero-order valence-electron chi connectivity index (χ0n) is 12.5. The molecule has 2 aromatic rings. The van der Waals surface area contributed by atoms with Gasteiger partial charge in [0.25, 0.3) is 0 Å². The van der Waals surface area contributed by atoms with E-state index in [2.05, 4.69) is 23.7 Å². The zero-order chi connectivity index (χ0) is 15.2. The van der Waals surface area contributed by atoms with Gasteiger partial charge < -0.3 is 14.8 Å². The van der Waals surface area contributed by atoms with Crippen LogP contribution in [-0.2, 0) is 19.5 Å². The van der Waals surface area contributed by atoms with Crippen molar-refractivity contribution in [2.45, 2.75) is 26.4 Å². The summed E-state index contributed by atoms with van der Waals surface area (Å²) >= 11 is 8.00. The van der Waals surface area contributed by atoms with Crippen LogP contribution in [-0.4, -0.2) is 14.2 Å². The van der Waals surface area contributed by atoms with Crippen LogP contribution in [0.4, 0.5) is 0 Å². The molecule has 0 fully saturated rings. The third-order valence-corrected chi connectivity index (χ3v) is 4.57. The highest BCUT2D eigenvalue weighted by atomic mass is 35.5. The molecule has 0 atom stereocenters. The Balaban J connectivity index is 2.02. The van der Waals surface area contributed by atoms with E-state index < -0.39 is 0 Å². The lowest BCUT2D eigenvalue weighted by atomic mass is 10.2.